The van der Waals surface area contributed by atoms with Crippen LogP contribution < -0.4 is 5.32 Å². The highest BCUT2D eigenvalue weighted by Crippen LogP contribution is 2.35. The van der Waals surface area contributed by atoms with Gasteiger partial charge in [0.25, 0.3) is 0 Å². The summed E-state index contributed by atoms with van der Waals surface area (Å²) in [7, 11) is 0. The van der Waals surface area contributed by atoms with Crippen molar-refractivity contribution in [3.05, 3.63) is 0 Å². The highest BCUT2D eigenvalue weighted by atomic mass is 35.5. The number of hydrogen-bond acceptors (Lipinski definition) is 2. The van der Waals surface area contributed by atoms with E-state index in [0.717, 1.165) is 32.0 Å². The zero-order valence-electron chi connectivity index (χ0n) is 12.5. The van der Waals surface area contributed by atoms with E-state index in [1.807, 2.05) is 0 Å². The molecule has 0 spiro atoms. The number of carbonyl (C=O) groups excluding carboxylic acids is 1. The molecule has 2 aliphatic heterocycles. The van der Waals surface area contributed by atoms with Crippen LogP contribution in [0.5, 0.6) is 0 Å². The SMILES string of the molecule is Cl.O=C([C@@H]1CCCNC1)N1CCCC1C1CCCCC1. The van der Waals surface area contributed by atoms with E-state index in [1.165, 1.54) is 51.4 Å². The van der Waals surface area contributed by atoms with Gasteiger partial charge < -0.3 is 10.2 Å². The van der Waals surface area contributed by atoms with Gasteiger partial charge in [-0.1, -0.05) is 19.3 Å². The Kier molecular flexibility index (Phi) is 6.16. The van der Waals surface area contributed by atoms with Crippen LogP contribution in [0.15, 0.2) is 0 Å². The van der Waals surface area contributed by atoms with Crippen LogP contribution in [0.2, 0.25) is 0 Å². The van der Waals surface area contributed by atoms with Gasteiger partial charge in [-0.3, -0.25) is 4.79 Å². The standard InChI is InChI=1S/C16H28N2O.ClH/c19-16(14-8-4-10-17-12-14)18-11-5-9-15(18)13-6-2-1-3-7-13;/h13-15,17H,1-12H2;1H/t14-,15?;/m1./s1. The van der Waals surface area contributed by atoms with Crippen LogP contribution in [0, 0.1) is 11.8 Å². The highest BCUT2D eigenvalue weighted by Gasteiger charge is 2.37. The number of piperidine rings is 1. The lowest BCUT2D eigenvalue weighted by atomic mass is 9.82. The molecule has 1 N–H and O–H groups in total. The molecule has 3 rings (SSSR count). The predicted octanol–water partition coefficient (Wildman–Crippen LogP) is 2.98. The molecule has 3 fully saturated rings. The Hall–Kier alpha value is -0.280. The Balaban J connectivity index is 0.00000147. The summed E-state index contributed by atoms with van der Waals surface area (Å²) in [5.41, 5.74) is 0. The number of carbonyl (C=O) groups is 1. The van der Waals surface area contributed by atoms with Gasteiger partial charge in [0.15, 0.2) is 0 Å². The van der Waals surface area contributed by atoms with Crippen molar-refractivity contribution in [2.75, 3.05) is 19.6 Å². The van der Waals surface area contributed by atoms with Crippen LogP contribution in [-0.2, 0) is 4.79 Å². The maximum absolute atomic E-state index is 12.7. The van der Waals surface area contributed by atoms with Crippen molar-refractivity contribution in [3.63, 3.8) is 0 Å². The average Bonchev–Trinajstić information content (AvgIpc) is 2.98. The van der Waals surface area contributed by atoms with Crippen LogP contribution in [0.25, 0.3) is 0 Å². The van der Waals surface area contributed by atoms with E-state index in [9.17, 15) is 4.79 Å². The Morgan fingerprint density at radius 1 is 0.950 bits per heavy atom. The zero-order valence-corrected chi connectivity index (χ0v) is 13.3. The van der Waals surface area contributed by atoms with Gasteiger partial charge in [-0.25, -0.2) is 0 Å². The van der Waals surface area contributed by atoms with Gasteiger partial charge >= 0.3 is 0 Å². The molecule has 1 aliphatic carbocycles. The Morgan fingerprint density at radius 3 is 2.45 bits per heavy atom. The number of amides is 1. The molecule has 1 amide bonds. The van der Waals surface area contributed by atoms with Crippen molar-refractivity contribution >= 4 is 18.3 Å². The number of likely N-dealkylation sites (tertiary alicyclic amines) is 1. The Morgan fingerprint density at radius 2 is 1.75 bits per heavy atom. The molecular formula is C16H29ClN2O. The summed E-state index contributed by atoms with van der Waals surface area (Å²) in [6.07, 6.45) is 11.6. The molecule has 116 valence electrons. The van der Waals surface area contributed by atoms with E-state index in [2.05, 4.69) is 10.2 Å². The molecule has 4 heteroatoms. The van der Waals surface area contributed by atoms with Crippen LogP contribution in [0.1, 0.15) is 57.8 Å². The van der Waals surface area contributed by atoms with Crippen molar-refractivity contribution in [2.24, 2.45) is 11.8 Å². The fraction of sp³-hybridized carbons (Fsp3) is 0.938. The Bertz CT molecular complexity index is 312. The average molecular weight is 301 g/mol. The van der Waals surface area contributed by atoms with E-state index in [0.29, 0.717) is 11.9 Å². The quantitative estimate of drug-likeness (QED) is 0.850. The molecule has 3 nitrogen and oxygen atoms in total. The largest absolute Gasteiger partial charge is 0.339 e. The van der Waals surface area contributed by atoms with Crippen molar-refractivity contribution < 1.29 is 4.79 Å². The molecule has 0 radical (unpaired) electrons. The molecule has 0 aromatic rings. The number of nitrogens with zero attached hydrogens (tertiary/aromatic N) is 1. The van der Waals surface area contributed by atoms with Crippen molar-refractivity contribution in [1.82, 2.24) is 10.2 Å². The minimum Gasteiger partial charge on any atom is -0.339 e. The molecule has 0 aromatic carbocycles. The molecule has 3 aliphatic rings. The third-order valence-corrected chi connectivity index (χ3v) is 5.42. The number of rotatable bonds is 2. The van der Waals surface area contributed by atoms with Gasteiger partial charge in [-0.2, -0.15) is 0 Å². The van der Waals surface area contributed by atoms with E-state index < -0.39 is 0 Å². The molecule has 1 saturated carbocycles. The van der Waals surface area contributed by atoms with Gasteiger partial charge in [0.05, 0.1) is 5.92 Å². The molecule has 0 aromatic heterocycles. The van der Waals surface area contributed by atoms with Crippen molar-refractivity contribution in [3.8, 4) is 0 Å². The van der Waals surface area contributed by atoms with Gasteiger partial charge in [0, 0.05) is 19.1 Å². The first-order valence-electron chi connectivity index (χ1n) is 8.37. The van der Waals surface area contributed by atoms with Crippen molar-refractivity contribution in [1.29, 1.82) is 0 Å². The maximum Gasteiger partial charge on any atom is 0.227 e. The second-order valence-corrected chi connectivity index (χ2v) is 6.68. The first-order chi connectivity index (χ1) is 9.36. The van der Waals surface area contributed by atoms with Crippen molar-refractivity contribution in [2.45, 2.75) is 63.8 Å². The second-order valence-electron chi connectivity index (χ2n) is 6.68. The topological polar surface area (TPSA) is 32.3 Å². The lowest BCUT2D eigenvalue weighted by molar-refractivity contribution is -0.138. The summed E-state index contributed by atoms with van der Waals surface area (Å²) in [6.45, 7) is 3.03. The molecular weight excluding hydrogens is 272 g/mol. The van der Waals surface area contributed by atoms with Gasteiger partial charge in [0.2, 0.25) is 5.91 Å². The fourth-order valence-corrected chi connectivity index (χ4v) is 4.37. The third-order valence-electron chi connectivity index (χ3n) is 5.42. The molecule has 2 atom stereocenters. The van der Waals surface area contributed by atoms with E-state index >= 15 is 0 Å². The summed E-state index contributed by atoms with van der Waals surface area (Å²) < 4.78 is 0. The lowest BCUT2D eigenvalue weighted by Crippen LogP contribution is -2.47. The maximum atomic E-state index is 12.7. The van der Waals surface area contributed by atoms with Gasteiger partial charge in [-0.05, 0) is 51.0 Å². The number of nitrogens with one attached hydrogen (secondary N) is 1. The molecule has 2 heterocycles. The van der Waals surface area contributed by atoms with Crippen LogP contribution in [-0.4, -0.2) is 36.5 Å². The summed E-state index contributed by atoms with van der Waals surface area (Å²) in [6, 6.07) is 0.578. The smallest absolute Gasteiger partial charge is 0.227 e. The van der Waals surface area contributed by atoms with E-state index in [-0.39, 0.29) is 18.3 Å². The normalized spacial score (nSPS) is 31.9. The zero-order chi connectivity index (χ0) is 13.1. The summed E-state index contributed by atoms with van der Waals surface area (Å²) in [5.74, 6) is 1.52. The van der Waals surface area contributed by atoms with Crippen LogP contribution in [0.4, 0.5) is 0 Å². The van der Waals surface area contributed by atoms with Gasteiger partial charge in [-0.15, -0.1) is 12.4 Å². The molecule has 20 heavy (non-hydrogen) atoms. The first-order valence-corrected chi connectivity index (χ1v) is 8.37. The van der Waals surface area contributed by atoms with E-state index in [4.69, 9.17) is 0 Å². The summed E-state index contributed by atoms with van der Waals surface area (Å²) >= 11 is 0. The highest BCUT2D eigenvalue weighted by molar-refractivity contribution is 5.85. The molecule has 1 unspecified atom stereocenters. The monoisotopic (exact) mass is 300 g/mol. The second kappa shape index (κ2) is 7.65. The van der Waals surface area contributed by atoms with Crippen LogP contribution in [0.3, 0.4) is 0 Å². The van der Waals surface area contributed by atoms with Crippen LogP contribution >= 0.6 is 12.4 Å². The minimum absolute atomic E-state index is 0. The lowest BCUT2D eigenvalue weighted by Gasteiger charge is -2.36. The summed E-state index contributed by atoms with van der Waals surface area (Å²) in [4.78, 5) is 15.0. The first kappa shape index (κ1) is 16.1. The minimum atomic E-state index is 0. The molecule has 2 saturated heterocycles. The Labute approximate surface area is 129 Å². The third kappa shape index (κ3) is 3.48. The predicted molar refractivity (Wildman–Crippen MR) is 84.2 cm³/mol. The van der Waals surface area contributed by atoms with Gasteiger partial charge in [0.1, 0.15) is 0 Å². The fourth-order valence-electron chi connectivity index (χ4n) is 4.37. The molecule has 0 bridgehead atoms. The number of halogens is 1. The van der Waals surface area contributed by atoms with E-state index in [1.54, 1.807) is 0 Å². The number of hydrogen-bond donors (Lipinski definition) is 1. The summed E-state index contributed by atoms with van der Waals surface area (Å²) in [5, 5.41) is 3.39.